The number of benzene rings is 11. The number of aryl methyl sites for hydroxylation is 4. The fraction of sp³-hybridized carbons (Fsp3) is 0.0563. The summed E-state index contributed by atoms with van der Waals surface area (Å²) in [4.78, 5) is 0. The van der Waals surface area contributed by atoms with Crippen LogP contribution >= 0.6 is 11.3 Å². The van der Waals surface area contributed by atoms with Crippen molar-refractivity contribution in [2.45, 2.75) is 27.7 Å². The molecule has 0 amide bonds. The molecule has 0 fully saturated rings. The van der Waals surface area contributed by atoms with Crippen LogP contribution in [0.15, 0.2) is 212 Å². The van der Waals surface area contributed by atoms with Gasteiger partial charge in [0.2, 0.25) is 0 Å². The van der Waals surface area contributed by atoms with Crippen molar-refractivity contribution in [3.05, 3.63) is 240 Å². The van der Waals surface area contributed by atoms with Crippen molar-refractivity contribution in [2.75, 3.05) is 0 Å². The van der Waals surface area contributed by atoms with E-state index in [1.165, 1.54) is 64.0 Å². The maximum Gasteiger partial charge on any atom is 0.104 e. The van der Waals surface area contributed by atoms with Crippen LogP contribution in [0, 0.1) is 39.0 Å². The average molecular weight is 1000 g/mol. The summed E-state index contributed by atoms with van der Waals surface area (Å²) in [5.74, 6) is 0. The third-order valence-corrected chi connectivity index (χ3v) is 17.8. The van der Waals surface area contributed by atoms with Gasteiger partial charge >= 0.3 is 0 Å². The summed E-state index contributed by atoms with van der Waals surface area (Å²) in [6.45, 7) is 8.88. The number of aromatic nitrogens is 4. The lowest BCUT2D eigenvalue weighted by Gasteiger charge is -2.29. The molecule has 6 heteroatoms. The van der Waals surface area contributed by atoms with E-state index >= 15 is 0 Å². The normalized spacial score (nSPS) is 12.1. The molecule has 0 bridgehead atoms. The molecule has 16 aromatic rings. The molecule has 11 aromatic carbocycles. The summed E-state index contributed by atoms with van der Waals surface area (Å²) < 4.78 is 12.3. The van der Waals surface area contributed by atoms with Gasteiger partial charge in [0, 0.05) is 68.8 Å². The molecule has 0 atom stereocenters. The zero-order valence-electron chi connectivity index (χ0n) is 42.9. The Kier molecular flexibility index (Phi) is 9.18. The molecule has 16 rings (SSSR count). The molecule has 5 aromatic heterocycles. The molecule has 5 heterocycles. The van der Waals surface area contributed by atoms with Crippen LogP contribution in [0.1, 0.15) is 27.8 Å². The first kappa shape index (κ1) is 43.7. The molecule has 0 radical (unpaired) electrons. The van der Waals surface area contributed by atoms with Crippen molar-refractivity contribution >= 4 is 119 Å². The Morgan fingerprint density at radius 3 is 1.03 bits per heavy atom. The smallest absolute Gasteiger partial charge is 0.104 e. The lowest BCUT2D eigenvalue weighted by atomic mass is 9.92. The Balaban J connectivity index is 1.28. The fourth-order valence-electron chi connectivity index (χ4n) is 13.6. The standard InChI is InChI=1S/C71H47N5S/c1-41-19-15-32-57-63(41)48-24-5-10-28-53(48)73(57)68-52(40-72)69(74-54-29-11-6-25-49(54)64-42(2)20-16-33-58(64)74)71(76-56-31-13-8-27-51(56)66-44(4)22-18-35-60(66)76)67(45-37-38-47-46-23-9-14-36-61(46)77-62(47)39-45)70(68)75-55-30-12-7-26-50(55)65-43(3)21-17-34-59(65)75/h5-39H,1-4H3. The molecule has 0 spiro atoms. The quantitative estimate of drug-likeness (QED) is 0.169. The second-order valence-corrected chi connectivity index (χ2v) is 21.9. The van der Waals surface area contributed by atoms with E-state index < -0.39 is 0 Å². The van der Waals surface area contributed by atoms with Crippen molar-refractivity contribution in [1.29, 1.82) is 5.26 Å². The first-order valence-electron chi connectivity index (χ1n) is 26.4. The monoisotopic (exact) mass is 1000 g/mol. The van der Waals surface area contributed by atoms with Crippen LogP contribution in [0.3, 0.4) is 0 Å². The molecule has 0 aliphatic heterocycles. The number of hydrogen-bond donors (Lipinski definition) is 0. The van der Waals surface area contributed by atoms with Crippen LogP contribution in [-0.2, 0) is 0 Å². The number of fused-ring (bicyclic) bond motifs is 15. The van der Waals surface area contributed by atoms with E-state index in [2.05, 4.69) is 264 Å². The van der Waals surface area contributed by atoms with Crippen LogP contribution in [0.2, 0.25) is 0 Å². The Bertz CT molecular complexity index is 5030. The summed E-state index contributed by atoms with van der Waals surface area (Å²) in [6, 6.07) is 81.0. The summed E-state index contributed by atoms with van der Waals surface area (Å²) in [6.07, 6.45) is 0. The number of thiophene rings is 1. The SMILES string of the molecule is Cc1cccc2c1c1ccccc1n2-c1c(C#N)c(-n2c3ccccc3c3c(C)cccc32)c(-n2c3ccccc3c3c(C)cccc32)c(-c2ccc3c(c2)sc2ccccc23)c1-n1c2ccccc2c2c(C)cccc21. The number of hydrogen-bond acceptors (Lipinski definition) is 2. The molecule has 0 unspecified atom stereocenters. The minimum Gasteiger partial charge on any atom is -0.306 e. The lowest BCUT2D eigenvalue weighted by molar-refractivity contribution is 1.04. The lowest BCUT2D eigenvalue weighted by Crippen LogP contribution is -2.16. The number of nitrogens with zero attached hydrogens (tertiary/aromatic N) is 5. The molecule has 0 aliphatic rings. The van der Waals surface area contributed by atoms with Crippen LogP contribution in [-0.4, -0.2) is 18.3 Å². The Labute approximate surface area is 447 Å². The van der Waals surface area contributed by atoms with E-state index in [4.69, 9.17) is 0 Å². The second-order valence-electron chi connectivity index (χ2n) is 20.9. The zero-order chi connectivity index (χ0) is 51.4. The number of nitriles is 1. The van der Waals surface area contributed by atoms with Gasteiger partial charge in [-0.1, -0.05) is 152 Å². The molecule has 77 heavy (non-hydrogen) atoms. The van der Waals surface area contributed by atoms with Crippen LogP contribution in [0.25, 0.3) is 141 Å². The maximum absolute atomic E-state index is 13.0. The van der Waals surface area contributed by atoms with Crippen molar-refractivity contribution in [2.24, 2.45) is 0 Å². The molecular weight excluding hydrogens is 955 g/mol. The molecular formula is C71H47N5S. The number of rotatable bonds is 5. The summed E-state index contributed by atoms with van der Waals surface area (Å²) in [5.41, 5.74) is 19.2. The van der Waals surface area contributed by atoms with Gasteiger partial charge in [0.1, 0.15) is 11.6 Å². The highest BCUT2D eigenvalue weighted by molar-refractivity contribution is 7.25. The summed E-state index contributed by atoms with van der Waals surface area (Å²) in [5, 5.41) is 24.7. The van der Waals surface area contributed by atoms with Crippen LogP contribution in [0.4, 0.5) is 0 Å². The van der Waals surface area contributed by atoms with Gasteiger partial charge in [-0.25, -0.2) is 0 Å². The second kappa shape index (κ2) is 16.2. The molecule has 362 valence electrons. The van der Waals surface area contributed by atoms with E-state index in [-0.39, 0.29) is 0 Å². The Morgan fingerprint density at radius 2 is 0.636 bits per heavy atom. The first-order valence-corrected chi connectivity index (χ1v) is 27.2. The van der Waals surface area contributed by atoms with Crippen molar-refractivity contribution in [1.82, 2.24) is 18.3 Å². The Morgan fingerprint density at radius 1 is 0.312 bits per heavy atom. The average Bonchev–Trinajstić information content (AvgIpc) is 4.18. The van der Waals surface area contributed by atoms with Gasteiger partial charge in [0.15, 0.2) is 0 Å². The van der Waals surface area contributed by atoms with E-state index in [1.807, 2.05) is 11.3 Å². The summed E-state index contributed by atoms with van der Waals surface area (Å²) in [7, 11) is 0. The first-order chi connectivity index (χ1) is 37.9. The van der Waals surface area contributed by atoms with Crippen molar-refractivity contribution in [3.8, 4) is 39.9 Å². The molecule has 0 aliphatic carbocycles. The molecule has 0 saturated carbocycles. The summed E-state index contributed by atoms with van der Waals surface area (Å²) >= 11 is 1.84. The van der Waals surface area contributed by atoms with Gasteiger partial charge in [-0.2, -0.15) is 5.26 Å². The van der Waals surface area contributed by atoms with E-state index in [0.29, 0.717) is 5.56 Å². The highest BCUT2D eigenvalue weighted by atomic mass is 32.1. The predicted octanol–water partition coefficient (Wildman–Crippen LogP) is 19.2. The third-order valence-electron chi connectivity index (χ3n) is 16.7. The fourth-order valence-corrected chi connectivity index (χ4v) is 14.7. The predicted molar refractivity (Wildman–Crippen MR) is 326 cm³/mol. The highest BCUT2D eigenvalue weighted by Crippen LogP contribution is 2.53. The van der Waals surface area contributed by atoms with Gasteiger partial charge in [-0.05, 0) is 116 Å². The topological polar surface area (TPSA) is 43.5 Å². The van der Waals surface area contributed by atoms with Crippen LogP contribution < -0.4 is 0 Å². The minimum atomic E-state index is 0.562. The highest BCUT2D eigenvalue weighted by Gasteiger charge is 2.35. The molecule has 0 saturated heterocycles. The minimum absolute atomic E-state index is 0.562. The van der Waals surface area contributed by atoms with Crippen molar-refractivity contribution in [3.63, 3.8) is 0 Å². The van der Waals surface area contributed by atoms with Gasteiger partial charge in [-0.3, -0.25) is 0 Å². The van der Waals surface area contributed by atoms with Gasteiger partial charge < -0.3 is 18.3 Å². The van der Waals surface area contributed by atoms with Gasteiger partial charge in [0.25, 0.3) is 0 Å². The third kappa shape index (κ3) is 5.87. The molecule has 5 nitrogen and oxygen atoms in total. The molecule has 0 N–H and O–H groups in total. The van der Waals surface area contributed by atoms with E-state index in [9.17, 15) is 5.26 Å². The van der Waals surface area contributed by atoms with E-state index in [0.717, 1.165) is 99.6 Å². The maximum atomic E-state index is 13.0. The zero-order valence-corrected chi connectivity index (χ0v) is 43.7. The van der Waals surface area contributed by atoms with E-state index in [1.54, 1.807) is 0 Å². The Hall–Kier alpha value is -9.67. The van der Waals surface area contributed by atoms with Gasteiger partial charge in [-0.15, -0.1) is 11.3 Å². The van der Waals surface area contributed by atoms with Crippen molar-refractivity contribution < 1.29 is 0 Å². The van der Waals surface area contributed by atoms with Crippen LogP contribution in [0.5, 0.6) is 0 Å². The van der Waals surface area contributed by atoms with Gasteiger partial charge in [0.05, 0.1) is 66.9 Å². The number of para-hydroxylation sites is 4. The largest absolute Gasteiger partial charge is 0.306 e.